The lowest BCUT2D eigenvalue weighted by atomic mass is 9.97. The Kier molecular flexibility index (Phi) is 3.35. The van der Waals surface area contributed by atoms with Crippen molar-refractivity contribution in [1.82, 2.24) is 0 Å². The number of hydrogen-bond acceptors (Lipinski definition) is 1. The molecule has 0 spiro atoms. The number of aliphatic hydroxyl groups is 1. The lowest BCUT2D eigenvalue weighted by Gasteiger charge is -2.13. The van der Waals surface area contributed by atoms with Gasteiger partial charge in [-0.2, -0.15) is 0 Å². The van der Waals surface area contributed by atoms with Gasteiger partial charge in [0.2, 0.25) is 0 Å². The molecule has 1 fully saturated rings. The second-order valence-electron chi connectivity index (χ2n) is 5.83. The van der Waals surface area contributed by atoms with Crippen molar-refractivity contribution in [1.29, 1.82) is 0 Å². The van der Waals surface area contributed by atoms with Gasteiger partial charge in [0.05, 0.1) is 6.10 Å². The van der Waals surface area contributed by atoms with Crippen LogP contribution in [0.4, 0.5) is 4.39 Å². The van der Waals surface area contributed by atoms with Crippen molar-refractivity contribution < 1.29 is 9.50 Å². The highest BCUT2D eigenvalue weighted by atomic mass is 19.1. The quantitative estimate of drug-likeness (QED) is 0.882. The highest BCUT2D eigenvalue weighted by Crippen LogP contribution is 2.54. The van der Waals surface area contributed by atoms with Crippen LogP contribution in [0, 0.1) is 25.6 Å². The molecule has 1 aliphatic carbocycles. The van der Waals surface area contributed by atoms with Crippen LogP contribution < -0.4 is 0 Å². The monoisotopic (exact) mass is 270 g/mol. The highest BCUT2D eigenvalue weighted by molar-refractivity contribution is 5.34. The maximum absolute atomic E-state index is 13.7. The van der Waals surface area contributed by atoms with Crippen molar-refractivity contribution in [2.24, 2.45) is 5.92 Å². The minimum absolute atomic E-state index is 0.170. The van der Waals surface area contributed by atoms with Gasteiger partial charge in [0.25, 0.3) is 0 Å². The maximum atomic E-state index is 13.7. The molecule has 20 heavy (non-hydrogen) atoms. The summed E-state index contributed by atoms with van der Waals surface area (Å²) in [5.41, 5.74) is 3.34. The van der Waals surface area contributed by atoms with Gasteiger partial charge >= 0.3 is 0 Å². The zero-order valence-electron chi connectivity index (χ0n) is 11.8. The summed E-state index contributed by atoms with van der Waals surface area (Å²) in [6.07, 6.45) is 0.499. The van der Waals surface area contributed by atoms with E-state index in [0.29, 0.717) is 17.0 Å². The highest BCUT2D eigenvalue weighted by Gasteiger charge is 2.43. The first kappa shape index (κ1) is 13.3. The smallest absolute Gasteiger partial charge is 0.129 e. The Balaban J connectivity index is 1.80. The van der Waals surface area contributed by atoms with Crippen molar-refractivity contribution in [2.75, 3.05) is 0 Å². The molecule has 0 heterocycles. The van der Waals surface area contributed by atoms with Crippen molar-refractivity contribution in [2.45, 2.75) is 32.3 Å². The molecule has 1 nitrogen and oxygen atoms in total. The van der Waals surface area contributed by atoms with Gasteiger partial charge in [0.15, 0.2) is 0 Å². The molecular formula is C18H19FO. The standard InChI is InChI=1S/C18H19FO/c1-11-8-14(9-12(2)17(11)19)18(20)16-10-15(16)13-6-4-3-5-7-13/h3-9,15-16,18,20H,10H2,1-2H3. The van der Waals surface area contributed by atoms with Crippen LogP contribution in [0.3, 0.4) is 0 Å². The Morgan fingerprint density at radius 2 is 1.70 bits per heavy atom. The summed E-state index contributed by atoms with van der Waals surface area (Å²) in [5, 5.41) is 10.5. The summed E-state index contributed by atoms with van der Waals surface area (Å²) in [6, 6.07) is 13.8. The molecule has 1 saturated carbocycles. The molecular weight excluding hydrogens is 251 g/mol. The molecule has 3 rings (SSSR count). The summed E-state index contributed by atoms with van der Waals surface area (Å²) in [6.45, 7) is 3.50. The second kappa shape index (κ2) is 5.02. The third-order valence-electron chi connectivity index (χ3n) is 4.27. The molecule has 2 aromatic rings. The van der Waals surface area contributed by atoms with Crippen LogP contribution in [0.1, 0.15) is 40.7 Å². The molecule has 0 aliphatic heterocycles. The van der Waals surface area contributed by atoms with Gasteiger partial charge in [0, 0.05) is 0 Å². The number of aryl methyl sites for hydroxylation is 2. The van der Waals surface area contributed by atoms with Gasteiger partial charge in [-0.3, -0.25) is 0 Å². The van der Waals surface area contributed by atoms with Gasteiger partial charge < -0.3 is 5.11 Å². The number of hydrogen-bond donors (Lipinski definition) is 1. The van der Waals surface area contributed by atoms with Gasteiger partial charge in [0.1, 0.15) is 5.82 Å². The van der Waals surface area contributed by atoms with Crippen LogP contribution in [-0.4, -0.2) is 5.11 Å². The number of halogens is 1. The van der Waals surface area contributed by atoms with Crippen LogP contribution in [0.25, 0.3) is 0 Å². The van der Waals surface area contributed by atoms with Crippen LogP contribution >= 0.6 is 0 Å². The minimum atomic E-state index is -0.502. The second-order valence-corrected chi connectivity index (χ2v) is 5.83. The molecule has 0 aromatic heterocycles. The summed E-state index contributed by atoms with van der Waals surface area (Å²) in [7, 11) is 0. The van der Waals surface area contributed by atoms with Crippen molar-refractivity contribution in [3.8, 4) is 0 Å². The van der Waals surface area contributed by atoms with E-state index >= 15 is 0 Å². The Morgan fingerprint density at radius 3 is 2.30 bits per heavy atom. The van der Waals surface area contributed by atoms with E-state index in [1.807, 2.05) is 18.2 Å². The Labute approximate surface area is 119 Å². The molecule has 0 bridgehead atoms. The van der Waals surface area contributed by atoms with E-state index in [9.17, 15) is 9.50 Å². The van der Waals surface area contributed by atoms with E-state index < -0.39 is 6.10 Å². The van der Waals surface area contributed by atoms with Crippen LogP contribution in [0.2, 0.25) is 0 Å². The summed E-state index contributed by atoms with van der Waals surface area (Å²) < 4.78 is 13.7. The average molecular weight is 270 g/mol. The maximum Gasteiger partial charge on any atom is 0.129 e. The van der Waals surface area contributed by atoms with E-state index in [0.717, 1.165) is 12.0 Å². The summed E-state index contributed by atoms with van der Waals surface area (Å²) >= 11 is 0. The number of aliphatic hydroxyl groups excluding tert-OH is 1. The molecule has 1 N–H and O–H groups in total. The molecule has 0 radical (unpaired) electrons. The van der Waals surface area contributed by atoms with Gasteiger partial charge in [-0.15, -0.1) is 0 Å². The first-order valence-corrected chi connectivity index (χ1v) is 7.07. The average Bonchev–Trinajstić information content (AvgIpc) is 3.25. The molecule has 104 valence electrons. The molecule has 1 aliphatic rings. The first-order valence-electron chi connectivity index (χ1n) is 7.07. The molecule has 0 amide bonds. The lowest BCUT2D eigenvalue weighted by Crippen LogP contribution is -2.03. The fraction of sp³-hybridized carbons (Fsp3) is 0.333. The zero-order valence-corrected chi connectivity index (χ0v) is 11.8. The van der Waals surface area contributed by atoms with Gasteiger partial charge in [-0.05, 0) is 54.4 Å². The zero-order chi connectivity index (χ0) is 14.3. The van der Waals surface area contributed by atoms with Crippen LogP contribution in [-0.2, 0) is 0 Å². The van der Waals surface area contributed by atoms with E-state index in [1.54, 1.807) is 26.0 Å². The van der Waals surface area contributed by atoms with Crippen molar-refractivity contribution >= 4 is 0 Å². The first-order chi connectivity index (χ1) is 9.58. The Bertz CT molecular complexity index is 598. The van der Waals surface area contributed by atoms with E-state index in [1.165, 1.54) is 5.56 Å². The van der Waals surface area contributed by atoms with Gasteiger partial charge in [-0.1, -0.05) is 42.5 Å². The van der Waals surface area contributed by atoms with Gasteiger partial charge in [-0.25, -0.2) is 4.39 Å². The summed E-state index contributed by atoms with van der Waals surface area (Å²) in [5.74, 6) is 0.509. The minimum Gasteiger partial charge on any atom is -0.388 e. The van der Waals surface area contributed by atoms with E-state index in [-0.39, 0.29) is 11.7 Å². The third kappa shape index (κ3) is 2.36. The normalized spacial score (nSPS) is 22.6. The topological polar surface area (TPSA) is 20.2 Å². The summed E-state index contributed by atoms with van der Waals surface area (Å²) in [4.78, 5) is 0. The molecule has 2 heteroatoms. The van der Waals surface area contributed by atoms with E-state index in [2.05, 4.69) is 12.1 Å². The fourth-order valence-corrected chi connectivity index (χ4v) is 3.04. The SMILES string of the molecule is Cc1cc(C(O)C2CC2c2ccccc2)cc(C)c1F. The molecule has 3 atom stereocenters. The molecule has 2 aromatic carbocycles. The predicted octanol–water partition coefficient (Wildman–Crippen LogP) is 4.28. The third-order valence-corrected chi connectivity index (χ3v) is 4.27. The van der Waals surface area contributed by atoms with E-state index in [4.69, 9.17) is 0 Å². The van der Waals surface area contributed by atoms with Crippen molar-refractivity contribution in [3.05, 3.63) is 70.5 Å². The van der Waals surface area contributed by atoms with Crippen LogP contribution in [0.15, 0.2) is 42.5 Å². The Hall–Kier alpha value is -1.67. The molecule has 3 unspecified atom stereocenters. The predicted molar refractivity (Wildman–Crippen MR) is 78.1 cm³/mol. The number of benzene rings is 2. The number of rotatable bonds is 3. The molecule has 0 saturated heterocycles. The Morgan fingerprint density at radius 1 is 1.10 bits per heavy atom. The largest absolute Gasteiger partial charge is 0.388 e. The van der Waals surface area contributed by atoms with Crippen LogP contribution in [0.5, 0.6) is 0 Å². The van der Waals surface area contributed by atoms with Crippen molar-refractivity contribution in [3.63, 3.8) is 0 Å². The lowest BCUT2D eigenvalue weighted by molar-refractivity contribution is 0.151. The fourth-order valence-electron chi connectivity index (χ4n) is 3.04.